The monoisotopic (exact) mass is 848 g/mol. The summed E-state index contributed by atoms with van der Waals surface area (Å²) in [5, 5.41) is 3.65. The molecule has 0 aliphatic carbocycles. The van der Waals surface area contributed by atoms with Crippen molar-refractivity contribution in [2.24, 2.45) is 0 Å². The molecule has 1 aromatic heterocycles. The van der Waals surface area contributed by atoms with Gasteiger partial charge in [0.15, 0.2) is 5.82 Å². The van der Waals surface area contributed by atoms with Crippen LogP contribution in [0.1, 0.15) is 90.3 Å². The Kier molecular flexibility index (Phi) is 11.3. The number of piperazine rings is 1. The molecule has 4 saturated heterocycles. The molecule has 3 aromatic carbocycles. The third kappa shape index (κ3) is 8.20. The van der Waals surface area contributed by atoms with Crippen molar-refractivity contribution in [1.82, 2.24) is 20.2 Å². The fraction of sp³-hybridized carbons (Fsp3) is 0.522. The Hall–Kier alpha value is -4.73. The van der Waals surface area contributed by atoms with E-state index in [0.29, 0.717) is 54.6 Å². The zero-order valence-corrected chi connectivity index (χ0v) is 35.0. The van der Waals surface area contributed by atoms with Crippen molar-refractivity contribution >= 4 is 11.5 Å². The highest BCUT2D eigenvalue weighted by molar-refractivity contribution is 5.60. The highest BCUT2D eigenvalue weighted by Gasteiger charge is 2.50. The second-order valence-electron chi connectivity index (χ2n) is 17.4. The molecule has 5 aliphatic heterocycles. The van der Waals surface area contributed by atoms with Gasteiger partial charge in [0, 0.05) is 68.8 Å². The zero-order chi connectivity index (χ0) is 42.6. The van der Waals surface area contributed by atoms with Crippen LogP contribution in [0.2, 0.25) is 0 Å². The van der Waals surface area contributed by atoms with Crippen LogP contribution in [0.5, 0.6) is 17.5 Å². The van der Waals surface area contributed by atoms with Crippen LogP contribution in [-0.2, 0) is 30.4 Å². The van der Waals surface area contributed by atoms with Crippen LogP contribution in [0, 0.1) is 12.7 Å². The molecule has 0 amide bonds. The number of hydrogen-bond acceptors (Lipinski definition) is 10. The van der Waals surface area contributed by atoms with E-state index in [4.69, 9.17) is 28.9 Å². The highest BCUT2D eigenvalue weighted by atomic mass is 19.4. The van der Waals surface area contributed by atoms with Crippen molar-refractivity contribution in [3.8, 4) is 17.5 Å². The second-order valence-corrected chi connectivity index (χ2v) is 17.4. The number of methoxy groups -OCH3 is 2. The summed E-state index contributed by atoms with van der Waals surface area (Å²) < 4.78 is 102. The molecule has 4 fully saturated rings. The Morgan fingerprint density at radius 3 is 2.16 bits per heavy atom. The van der Waals surface area contributed by atoms with Crippen LogP contribution < -0.4 is 29.3 Å². The minimum atomic E-state index is -4.89. The van der Waals surface area contributed by atoms with E-state index in [0.717, 1.165) is 43.4 Å². The number of nitrogens with one attached hydrogen (secondary N) is 1. The number of benzene rings is 3. The SMILES string of the molecule is COc1ccc(CN(Cc2ccc(OC)cc2)c2cc(C)c(C(F)(F)F)c(C3Cc4nc(OC[C@@]56CCCN5C[C@H](F)C6)nc(N5CC6CCC(C5)N6)c4C(C)O3)c2F)cc1. The van der Waals surface area contributed by atoms with Crippen molar-refractivity contribution in [2.45, 2.75) is 108 Å². The molecule has 0 radical (unpaired) electrons. The first-order valence-corrected chi connectivity index (χ1v) is 21.3. The maximum absolute atomic E-state index is 17.6. The highest BCUT2D eigenvalue weighted by Crippen LogP contribution is 2.49. The van der Waals surface area contributed by atoms with E-state index in [1.54, 1.807) is 50.3 Å². The number of hydrogen-bond donors (Lipinski definition) is 1. The number of anilines is 2. The third-order valence-corrected chi connectivity index (χ3v) is 13.4. The quantitative estimate of drug-likeness (QED) is 0.140. The van der Waals surface area contributed by atoms with Gasteiger partial charge in [-0.3, -0.25) is 4.90 Å². The Morgan fingerprint density at radius 1 is 0.918 bits per heavy atom. The summed E-state index contributed by atoms with van der Waals surface area (Å²) in [6.07, 6.45) is -3.96. The van der Waals surface area contributed by atoms with Crippen LogP contribution in [0.15, 0.2) is 54.6 Å². The lowest BCUT2D eigenvalue weighted by atomic mass is 9.89. The Bertz CT molecular complexity index is 2170. The van der Waals surface area contributed by atoms with Gasteiger partial charge in [0.2, 0.25) is 0 Å². The van der Waals surface area contributed by atoms with E-state index in [-0.39, 0.29) is 55.5 Å². The molecule has 4 unspecified atom stereocenters. The van der Waals surface area contributed by atoms with Gasteiger partial charge < -0.3 is 34.1 Å². The molecule has 5 aliphatic rings. The van der Waals surface area contributed by atoms with E-state index >= 15 is 17.6 Å². The molecule has 326 valence electrons. The van der Waals surface area contributed by atoms with Gasteiger partial charge in [-0.1, -0.05) is 24.3 Å². The van der Waals surface area contributed by atoms with Crippen LogP contribution in [0.25, 0.3) is 0 Å². The van der Waals surface area contributed by atoms with E-state index in [1.807, 2.05) is 24.3 Å². The number of alkyl halides is 4. The van der Waals surface area contributed by atoms with Gasteiger partial charge in [0.1, 0.15) is 30.1 Å². The van der Waals surface area contributed by atoms with Gasteiger partial charge in [-0.25, -0.2) is 8.78 Å². The topological polar surface area (TPSA) is 84.5 Å². The smallest absolute Gasteiger partial charge is 0.417 e. The lowest BCUT2D eigenvalue weighted by Gasteiger charge is -2.39. The molecule has 0 spiro atoms. The Morgan fingerprint density at radius 2 is 1.56 bits per heavy atom. The fourth-order valence-electron chi connectivity index (χ4n) is 10.5. The summed E-state index contributed by atoms with van der Waals surface area (Å²) >= 11 is 0. The maximum atomic E-state index is 17.6. The van der Waals surface area contributed by atoms with Crippen molar-refractivity contribution in [3.63, 3.8) is 0 Å². The van der Waals surface area contributed by atoms with Crippen LogP contribution in [-0.4, -0.2) is 85.7 Å². The molecule has 9 rings (SSSR count). The van der Waals surface area contributed by atoms with Gasteiger partial charge in [-0.2, -0.15) is 23.1 Å². The first-order valence-electron chi connectivity index (χ1n) is 21.3. The molecule has 2 bridgehead atoms. The van der Waals surface area contributed by atoms with Crippen molar-refractivity contribution < 1.29 is 40.9 Å². The van der Waals surface area contributed by atoms with Crippen LogP contribution >= 0.6 is 0 Å². The summed E-state index contributed by atoms with van der Waals surface area (Å²) in [5.74, 6) is 0.897. The van der Waals surface area contributed by atoms with Crippen LogP contribution in [0.3, 0.4) is 0 Å². The summed E-state index contributed by atoms with van der Waals surface area (Å²) in [4.78, 5) is 15.9. The zero-order valence-electron chi connectivity index (χ0n) is 35.0. The van der Waals surface area contributed by atoms with Crippen LogP contribution in [0.4, 0.5) is 33.5 Å². The number of fused-ring (bicyclic) bond motifs is 4. The van der Waals surface area contributed by atoms with Crippen molar-refractivity contribution in [2.75, 3.05) is 56.8 Å². The standard InChI is InChI=1S/C46H53F5N6O4/c1-27-18-37(55(21-29-6-12-34(58-3)13-7-29)22-30-8-14-35(59-4)15-9-30)42(48)40(41(27)46(49,50)51)38-19-36-39(28(2)61-38)43(56-24-32-10-11-33(25-56)52-32)54-44(53-36)60-26-45-16-5-17-57(45)23-31(47)20-45/h6-9,12-15,18,28,31-33,38,52H,5,10-11,16-17,19-26H2,1-4H3/t28?,31-,32?,33?,38?,45+/m1/s1. The molecule has 10 nitrogen and oxygen atoms in total. The van der Waals surface area contributed by atoms with Crippen molar-refractivity contribution in [3.05, 3.63) is 99.5 Å². The molecule has 15 heteroatoms. The average molecular weight is 849 g/mol. The minimum absolute atomic E-state index is 0.0148. The van der Waals surface area contributed by atoms with E-state index in [2.05, 4.69) is 15.1 Å². The summed E-state index contributed by atoms with van der Waals surface area (Å²) in [6.45, 7) is 6.24. The van der Waals surface area contributed by atoms with Crippen molar-refractivity contribution in [1.29, 1.82) is 0 Å². The van der Waals surface area contributed by atoms with Gasteiger partial charge >= 0.3 is 12.2 Å². The normalized spacial score (nSPS) is 26.0. The molecular weight excluding hydrogens is 796 g/mol. The summed E-state index contributed by atoms with van der Waals surface area (Å²) in [7, 11) is 3.13. The lowest BCUT2D eigenvalue weighted by molar-refractivity contribution is -0.141. The molecule has 0 saturated carbocycles. The summed E-state index contributed by atoms with van der Waals surface area (Å²) in [6, 6.07) is 16.5. The fourth-order valence-corrected chi connectivity index (χ4v) is 10.5. The molecule has 6 atom stereocenters. The summed E-state index contributed by atoms with van der Waals surface area (Å²) in [5.41, 5.74) is 0.547. The first kappa shape index (κ1) is 41.6. The maximum Gasteiger partial charge on any atom is 0.417 e. The predicted molar refractivity (Wildman–Crippen MR) is 221 cm³/mol. The van der Waals surface area contributed by atoms with E-state index in [1.165, 1.54) is 13.0 Å². The molecule has 61 heavy (non-hydrogen) atoms. The Balaban J connectivity index is 1.12. The number of ether oxygens (including phenoxy) is 4. The van der Waals surface area contributed by atoms with E-state index in [9.17, 15) is 4.39 Å². The number of halogens is 5. The number of rotatable bonds is 12. The predicted octanol–water partition coefficient (Wildman–Crippen LogP) is 8.44. The average Bonchev–Trinajstić information content (AvgIpc) is 3.89. The van der Waals surface area contributed by atoms with Gasteiger partial charge in [-0.15, -0.1) is 0 Å². The largest absolute Gasteiger partial charge is 0.497 e. The molecule has 4 aromatic rings. The third-order valence-electron chi connectivity index (χ3n) is 13.4. The molecular formula is C46H53F5N6O4. The molecule has 1 N–H and O–H groups in total. The number of nitrogens with zero attached hydrogens (tertiary/aromatic N) is 5. The van der Waals surface area contributed by atoms with Gasteiger partial charge in [0.25, 0.3) is 0 Å². The van der Waals surface area contributed by atoms with Gasteiger partial charge in [-0.05, 0) is 93.1 Å². The lowest BCUT2D eigenvalue weighted by Crippen LogP contribution is -2.52. The van der Waals surface area contributed by atoms with Gasteiger partial charge in [0.05, 0.1) is 48.9 Å². The minimum Gasteiger partial charge on any atom is -0.497 e. The first-order chi connectivity index (χ1) is 29.3. The Labute approximate surface area is 353 Å². The number of aryl methyl sites for hydroxylation is 1. The molecule has 6 heterocycles. The second kappa shape index (κ2) is 16.5. The number of aromatic nitrogens is 2. The van der Waals surface area contributed by atoms with E-state index < -0.39 is 47.0 Å².